The molecule has 0 aromatic heterocycles. The fourth-order valence-corrected chi connectivity index (χ4v) is 5.25. The first-order chi connectivity index (χ1) is 9.54. The first-order valence-corrected chi connectivity index (χ1v) is 11.1. The molecule has 0 bridgehead atoms. The Morgan fingerprint density at radius 3 is 2.25 bits per heavy atom. The van der Waals surface area contributed by atoms with Gasteiger partial charge in [0.05, 0.1) is 0 Å². The molecule has 0 nitrogen and oxygen atoms in total. The van der Waals surface area contributed by atoms with Gasteiger partial charge in [0.2, 0.25) is 0 Å². The molecular weight excluding hydrogens is 292 g/mol. The second-order valence-corrected chi connectivity index (χ2v) is 9.18. The minimum atomic E-state index is -0.614. The van der Waals surface area contributed by atoms with Gasteiger partial charge < -0.3 is 0 Å². The normalized spacial score (nSPS) is 17.8. The van der Waals surface area contributed by atoms with Crippen molar-refractivity contribution in [1.82, 2.24) is 0 Å². The average molecular weight is 317 g/mol. The summed E-state index contributed by atoms with van der Waals surface area (Å²) >= 11 is 2.00. The standard InChI is InChI=1S/C13H18Si.C5H7.Ti/c1-9-10(2)13(14(3)4)12-8-6-5-7-11(9)12;1-3-5-4-2;/h5-8,13-14H,1-4H3;1,3-5H,2H3;. The van der Waals surface area contributed by atoms with Gasteiger partial charge in [0, 0.05) is 8.80 Å². The maximum atomic E-state index is 2.45. The van der Waals surface area contributed by atoms with Crippen LogP contribution in [0.2, 0.25) is 13.1 Å². The van der Waals surface area contributed by atoms with E-state index in [4.69, 9.17) is 0 Å². The molecule has 0 spiro atoms. The van der Waals surface area contributed by atoms with Crippen LogP contribution >= 0.6 is 0 Å². The zero-order chi connectivity index (χ0) is 15.1. The quantitative estimate of drug-likeness (QED) is 0.518. The van der Waals surface area contributed by atoms with Gasteiger partial charge in [-0.15, -0.1) is 0 Å². The zero-order valence-electron chi connectivity index (χ0n) is 13.3. The van der Waals surface area contributed by atoms with Crippen molar-refractivity contribution in [3.8, 4) is 0 Å². The molecule has 2 rings (SSSR count). The van der Waals surface area contributed by atoms with Gasteiger partial charge in [-0.05, 0) is 36.1 Å². The summed E-state index contributed by atoms with van der Waals surface area (Å²) in [5, 5.41) is 0. The molecule has 0 amide bonds. The summed E-state index contributed by atoms with van der Waals surface area (Å²) in [5.74, 6) is 0. The fraction of sp³-hybridized carbons (Fsp3) is 0.333. The third-order valence-electron chi connectivity index (χ3n) is 3.82. The van der Waals surface area contributed by atoms with Crippen LogP contribution in [0, 0.1) is 0 Å². The Bertz CT molecular complexity index is 514. The van der Waals surface area contributed by atoms with Crippen LogP contribution in [0.5, 0.6) is 0 Å². The molecule has 105 valence electrons. The molecule has 1 atom stereocenters. The van der Waals surface area contributed by atoms with Gasteiger partial charge in [0.25, 0.3) is 0 Å². The molecule has 0 saturated carbocycles. The summed E-state index contributed by atoms with van der Waals surface area (Å²) in [7, 11) is -0.614. The summed E-state index contributed by atoms with van der Waals surface area (Å²) in [6.45, 7) is 11.5. The SMILES string of the molecule is CC1=C(C)C([SiH](C)C)c2ccccc21.CC=CC=[CH][Ti]. The third kappa shape index (κ3) is 4.18. The van der Waals surface area contributed by atoms with Crippen LogP contribution in [0.1, 0.15) is 37.4 Å². The van der Waals surface area contributed by atoms with Gasteiger partial charge in [-0.1, -0.05) is 42.9 Å². The van der Waals surface area contributed by atoms with Crippen molar-refractivity contribution in [3.63, 3.8) is 0 Å². The molecule has 1 aliphatic rings. The van der Waals surface area contributed by atoms with E-state index in [0.717, 1.165) is 5.54 Å². The van der Waals surface area contributed by atoms with E-state index in [1.165, 1.54) is 11.1 Å². The van der Waals surface area contributed by atoms with Gasteiger partial charge >= 0.3 is 50.0 Å². The molecule has 0 N–H and O–H groups in total. The van der Waals surface area contributed by atoms with Gasteiger partial charge in [-0.2, -0.15) is 0 Å². The molecule has 20 heavy (non-hydrogen) atoms. The Kier molecular flexibility index (Phi) is 7.50. The van der Waals surface area contributed by atoms with Crippen LogP contribution in [0.15, 0.2) is 52.4 Å². The third-order valence-corrected chi connectivity index (χ3v) is 6.32. The molecule has 0 aliphatic heterocycles. The van der Waals surface area contributed by atoms with Crippen molar-refractivity contribution in [1.29, 1.82) is 0 Å². The van der Waals surface area contributed by atoms with Crippen LogP contribution in [0.4, 0.5) is 0 Å². The molecule has 1 unspecified atom stereocenters. The van der Waals surface area contributed by atoms with Crippen molar-refractivity contribution < 1.29 is 20.4 Å². The van der Waals surface area contributed by atoms with Crippen LogP contribution < -0.4 is 0 Å². The number of fused-ring (bicyclic) bond motifs is 1. The second kappa shape index (κ2) is 8.61. The average Bonchev–Trinajstić information content (AvgIpc) is 2.70. The molecule has 1 aromatic carbocycles. The number of benzene rings is 1. The fourth-order valence-electron chi connectivity index (χ4n) is 2.81. The second-order valence-electron chi connectivity index (χ2n) is 5.50. The Morgan fingerprint density at radius 2 is 1.75 bits per heavy atom. The van der Waals surface area contributed by atoms with Gasteiger partial charge in [0.1, 0.15) is 0 Å². The molecular formula is C18H25SiTi. The first-order valence-electron chi connectivity index (χ1n) is 7.26. The summed E-state index contributed by atoms with van der Waals surface area (Å²) in [6, 6.07) is 8.91. The van der Waals surface area contributed by atoms with Crippen molar-refractivity contribution >= 4 is 14.4 Å². The van der Waals surface area contributed by atoms with E-state index in [-0.39, 0.29) is 0 Å². The predicted molar refractivity (Wildman–Crippen MR) is 90.3 cm³/mol. The monoisotopic (exact) mass is 317 g/mol. The van der Waals surface area contributed by atoms with E-state index in [0.29, 0.717) is 0 Å². The molecule has 0 radical (unpaired) electrons. The van der Waals surface area contributed by atoms with Crippen molar-refractivity contribution in [2.24, 2.45) is 0 Å². The van der Waals surface area contributed by atoms with Crippen molar-refractivity contribution in [3.05, 3.63) is 63.6 Å². The summed E-state index contributed by atoms with van der Waals surface area (Å²) in [6.07, 6.45) is 6.00. The Hall–Kier alpha value is -0.629. The maximum absolute atomic E-state index is 2.45. The van der Waals surface area contributed by atoms with E-state index in [1.807, 2.05) is 50.0 Å². The number of allylic oxidation sites excluding steroid dienone is 5. The van der Waals surface area contributed by atoms with Crippen LogP contribution in [-0.2, 0) is 20.4 Å². The van der Waals surface area contributed by atoms with E-state index < -0.39 is 8.80 Å². The topological polar surface area (TPSA) is 0 Å². The van der Waals surface area contributed by atoms with E-state index in [1.54, 1.807) is 11.1 Å². The molecule has 1 aromatic rings. The molecule has 1 aliphatic carbocycles. The number of hydrogen-bond acceptors (Lipinski definition) is 0. The Morgan fingerprint density at radius 1 is 1.10 bits per heavy atom. The van der Waals surface area contributed by atoms with Crippen LogP contribution in [0.3, 0.4) is 0 Å². The Labute approximate surface area is 137 Å². The summed E-state index contributed by atoms with van der Waals surface area (Å²) in [5.41, 5.74) is 7.01. The van der Waals surface area contributed by atoms with Crippen LogP contribution in [0.25, 0.3) is 5.57 Å². The zero-order valence-corrected chi connectivity index (χ0v) is 16.0. The number of rotatable bonds is 2. The Balaban J connectivity index is 0.000000286. The van der Waals surface area contributed by atoms with Gasteiger partial charge in [-0.3, -0.25) is 0 Å². The molecule has 2 heteroatoms. The van der Waals surface area contributed by atoms with Crippen LogP contribution in [-0.4, -0.2) is 8.80 Å². The number of hydrogen-bond donors (Lipinski definition) is 0. The predicted octanol–water partition coefficient (Wildman–Crippen LogP) is 5.23. The summed E-state index contributed by atoms with van der Waals surface area (Å²) < 4.78 is 2.00. The van der Waals surface area contributed by atoms with E-state index in [2.05, 4.69) is 51.2 Å². The first kappa shape index (κ1) is 17.4. The van der Waals surface area contributed by atoms with E-state index >= 15 is 0 Å². The molecule has 0 heterocycles. The van der Waals surface area contributed by atoms with Crippen molar-refractivity contribution in [2.45, 2.75) is 39.4 Å². The van der Waals surface area contributed by atoms with Crippen molar-refractivity contribution in [2.75, 3.05) is 0 Å². The summed E-state index contributed by atoms with van der Waals surface area (Å²) in [4.78, 5) is 0. The van der Waals surface area contributed by atoms with Gasteiger partial charge in [-0.25, -0.2) is 0 Å². The van der Waals surface area contributed by atoms with Gasteiger partial charge in [0.15, 0.2) is 0 Å². The molecule has 0 saturated heterocycles. The van der Waals surface area contributed by atoms with E-state index in [9.17, 15) is 0 Å². The minimum absolute atomic E-state index is 0.614. The molecule has 0 fully saturated rings.